The molecule has 118 valence electrons. The third-order valence-corrected chi connectivity index (χ3v) is 4.85. The van der Waals surface area contributed by atoms with Crippen LogP contribution >= 0.6 is 0 Å². The maximum absolute atomic E-state index is 12.1. The lowest BCUT2D eigenvalue weighted by molar-refractivity contribution is 0.416. The maximum atomic E-state index is 12.1. The van der Waals surface area contributed by atoms with E-state index in [1.165, 1.54) is 24.3 Å². The Morgan fingerprint density at radius 3 is 2.09 bits per heavy atom. The second kappa shape index (κ2) is 5.59. The highest BCUT2D eigenvalue weighted by atomic mass is 32.2. The van der Waals surface area contributed by atoms with Gasteiger partial charge in [-0.3, -0.25) is 4.55 Å². The van der Waals surface area contributed by atoms with Crippen molar-refractivity contribution in [1.29, 1.82) is 0 Å². The number of para-hydroxylation sites is 1. The summed E-state index contributed by atoms with van der Waals surface area (Å²) in [6.45, 7) is 1.76. The van der Waals surface area contributed by atoms with Crippen LogP contribution in [0.3, 0.4) is 0 Å². The number of hydrogen-bond donors (Lipinski definition) is 2. The Bertz CT molecular complexity index is 898. The summed E-state index contributed by atoms with van der Waals surface area (Å²) in [6.07, 6.45) is 0. The monoisotopic (exact) mass is 344 g/mol. The first kappa shape index (κ1) is 16.3. The van der Waals surface area contributed by atoms with Gasteiger partial charge in [0.15, 0.2) is 5.75 Å². The third-order valence-electron chi connectivity index (χ3n) is 2.74. The fourth-order valence-electron chi connectivity index (χ4n) is 1.65. The van der Waals surface area contributed by atoms with E-state index in [1.54, 1.807) is 6.92 Å². The first-order valence-corrected chi connectivity index (χ1v) is 8.77. The summed E-state index contributed by atoms with van der Waals surface area (Å²) in [5.41, 5.74) is 0.820. The van der Waals surface area contributed by atoms with Crippen LogP contribution in [-0.2, 0) is 20.2 Å². The van der Waals surface area contributed by atoms with E-state index in [1.807, 2.05) is 0 Å². The van der Waals surface area contributed by atoms with Gasteiger partial charge in [-0.15, -0.1) is 0 Å². The molecular formula is C13H12O7S2. The van der Waals surface area contributed by atoms with Crippen LogP contribution in [0.4, 0.5) is 0 Å². The SMILES string of the molecule is Cc1ccc(S(=O)(=O)Oc2c(O)cccc2S(=O)(=O)O)cc1. The Hall–Kier alpha value is -2.10. The summed E-state index contributed by atoms with van der Waals surface area (Å²) in [5.74, 6) is -1.59. The van der Waals surface area contributed by atoms with Crippen molar-refractivity contribution in [3.05, 3.63) is 48.0 Å². The fraction of sp³-hybridized carbons (Fsp3) is 0.0769. The zero-order valence-electron chi connectivity index (χ0n) is 11.3. The lowest BCUT2D eigenvalue weighted by Gasteiger charge is -2.11. The molecule has 0 atom stereocenters. The van der Waals surface area contributed by atoms with E-state index in [9.17, 15) is 21.9 Å². The minimum Gasteiger partial charge on any atom is -0.504 e. The van der Waals surface area contributed by atoms with Crippen LogP contribution in [-0.4, -0.2) is 26.5 Å². The number of hydrogen-bond acceptors (Lipinski definition) is 6. The number of aryl methyl sites for hydroxylation is 1. The minimum absolute atomic E-state index is 0.220. The molecule has 22 heavy (non-hydrogen) atoms. The van der Waals surface area contributed by atoms with Crippen LogP contribution in [0.25, 0.3) is 0 Å². The Kier molecular flexibility index (Phi) is 4.14. The average Bonchev–Trinajstić information content (AvgIpc) is 2.40. The van der Waals surface area contributed by atoms with E-state index in [0.29, 0.717) is 0 Å². The van der Waals surface area contributed by atoms with Crippen molar-refractivity contribution in [3.8, 4) is 11.5 Å². The molecule has 2 N–H and O–H groups in total. The van der Waals surface area contributed by atoms with E-state index >= 15 is 0 Å². The Labute approximate surface area is 127 Å². The lowest BCUT2D eigenvalue weighted by atomic mass is 10.2. The molecule has 0 aliphatic rings. The molecule has 0 fully saturated rings. The normalized spacial score (nSPS) is 12.1. The van der Waals surface area contributed by atoms with Crippen molar-refractivity contribution in [2.24, 2.45) is 0 Å². The molecule has 0 aromatic heterocycles. The second-order valence-electron chi connectivity index (χ2n) is 4.43. The molecule has 9 heteroatoms. The Morgan fingerprint density at radius 1 is 0.955 bits per heavy atom. The number of rotatable bonds is 4. The second-order valence-corrected chi connectivity index (χ2v) is 7.37. The topological polar surface area (TPSA) is 118 Å². The van der Waals surface area contributed by atoms with Gasteiger partial charge in [-0.05, 0) is 31.2 Å². The van der Waals surface area contributed by atoms with E-state index in [2.05, 4.69) is 0 Å². The van der Waals surface area contributed by atoms with Gasteiger partial charge in [0.2, 0.25) is 5.75 Å². The van der Waals surface area contributed by atoms with Crippen molar-refractivity contribution < 1.29 is 30.7 Å². The van der Waals surface area contributed by atoms with Gasteiger partial charge in [-0.25, -0.2) is 0 Å². The molecule has 2 rings (SSSR count). The predicted octanol–water partition coefficient (Wildman–Crippen LogP) is 1.72. The first-order valence-electron chi connectivity index (χ1n) is 5.92. The minimum atomic E-state index is -4.77. The highest BCUT2D eigenvalue weighted by Gasteiger charge is 2.26. The summed E-state index contributed by atoms with van der Waals surface area (Å²) in [5, 5.41) is 9.64. The summed E-state index contributed by atoms with van der Waals surface area (Å²) in [7, 11) is -9.14. The summed E-state index contributed by atoms with van der Waals surface area (Å²) in [6, 6.07) is 8.69. The van der Waals surface area contributed by atoms with Gasteiger partial charge < -0.3 is 9.29 Å². The Morgan fingerprint density at radius 2 is 1.55 bits per heavy atom. The van der Waals surface area contributed by atoms with Gasteiger partial charge in [0.05, 0.1) is 0 Å². The molecule has 0 spiro atoms. The lowest BCUT2D eigenvalue weighted by Crippen LogP contribution is -2.12. The van der Waals surface area contributed by atoms with E-state index in [0.717, 1.165) is 23.8 Å². The van der Waals surface area contributed by atoms with Crippen molar-refractivity contribution >= 4 is 20.2 Å². The molecule has 0 unspecified atom stereocenters. The van der Waals surface area contributed by atoms with E-state index in [-0.39, 0.29) is 4.90 Å². The molecule has 0 saturated carbocycles. The maximum Gasteiger partial charge on any atom is 0.339 e. The molecule has 0 amide bonds. The number of phenolic OH excluding ortho intramolecular Hbond substituents is 1. The molecule has 0 heterocycles. The quantitative estimate of drug-likeness (QED) is 0.640. The number of benzene rings is 2. The molecule has 0 bridgehead atoms. The molecule has 7 nitrogen and oxygen atoms in total. The number of aromatic hydroxyl groups is 1. The van der Waals surface area contributed by atoms with Crippen LogP contribution in [0.5, 0.6) is 11.5 Å². The van der Waals surface area contributed by atoms with Gasteiger partial charge in [0.1, 0.15) is 9.79 Å². The van der Waals surface area contributed by atoms with Gasteiger partial charge >= 0.3 is 10.1 Å². The molecule has 0 radical (unpaired) electrons. The zero-order valence-corrected chi connectivity index (χ0v) is 12.9. The van der Waals surface area contributed by atoms with Crippen LogP contribution in [0.2, 0.25) is 0 Å². The van der Waals surface area contributed by atoms with E-state index in [4.69, 9.17) is 8.74 Å². The van der Waals surface area contributed by atoms with Gasteiger partial charge in [-0.1, -0.05) is 23.8 Å². The fourth-order valence-corrected chi connectivity index (χ4v) is 3.30. The van der Waals surface area contributed by atoms with Crippen molar-refractivity contribution in [1.82, 2.24) is 0 Å². The largest absolute Gasteiger partial charge is 0.504 e. The molecule has 0 aliphatic carbocycles. The van der Waals surface area contributed by atoms with E-state index < -0.39 is 36.6 Å². The number of phenols is 1. The smallest absolute Gasteiger partial charge is 0.339 e. The molecular weight excluding hydrogens is 332 g/mol. The van der Waals surface area contributed by atoms with Crippen molar-refractivity contribution in [2.75, 3.05) is 0 Å². The molecule has 2 aromatic rings. The van der Waals surface area contributed by atoms with Crippen LogP contribution in [0, 0.1) is 6.92 Å². The zero-order chi connectivity index (χ0) is 16.5. The van der Waals surface area contributed by atoms with Crippen molar-refractivity contribution in [2.45, 2.75) is 16.7 Å². The summed E-state index contributed by atoms with van der Waals surface area (Å²) >= 11 is 0. The predicted molar refractivity (Wildman–Crippen MR) is 76.9 cm³/mol. The van der Waals surface area contributed by atoms with Gasteiger partial charge in [-0.2, -0.15) is 16.8 Å². The average molecular weight is 344 g/mol. The highest BCUT2D eigenvalue weighted by molar-refractivity contribution is 7.87. The molecule has 2 aromatic carbocycles. The third kappa shape index (κ3) is 3.38. The molecule has 0 aliphatic heterocycles. The highest BCUT2D eigenvalue weighted by Crippen LogP contribution is 2.35. The Balaban J connectivity index is 2.53. The first-order chi connectivity index (χ1) is 10.1. The standard InChI is InChI=1S/C13H12O7S2/c1-9-5-7-10(8-6-9)22(18,19)20-13-11(14)3-2-4-12(13)21(15,16)17/h2-8,14H,1H3,(H,15,16,17). The van der Waals surface area contributed by atoms with Crippen LogP contribution < -0.4 is 4.18 Å². The van der Waals surface area contributed by atoms with Crippen LogP contribution in [0.1, 0.15) is 5.56 Å². The van der Waals surface area contributed by atoms with Crippen LogP contribution in [0.15, 0.2) is 52.3 Å². The molecule has 0 saturated heterocycles. The van der Waals surface area contributed by atoms with Gasteiger partial charge in [0.25, 0.3) is 10.1 Å². The summed E-state index contributed by atoms with van der Waals surface area (Å²) < 4.78 is 60.5. The summed E-state index contributed by atoms with van der Waals surface area (Å²) in [4.78, 5) is -1.06. The van der Waals surface area contributed by atoms with Crippen molar-refractivity contribution in [3.63, 3.8) is 0 Å². The van der Waals surface area contributed by atoms with Gasteiger partial charge in [0, 0.05) is 0 Å².